The third-order valence-corrected chi connectivity index (χ3v) is 3.65. The van der Waals surface area contributed by atoms with Crippen molar-refractivity contribution >= 4 is 23.0 Å². The largest absolute Gasteiger partial charge is 0.379 e. The maximum absolute atomic E-state index is 6.26. The van der Waals surface area contributed by atoms with Gasteiger partial charge in [0.05, 0.1) is 16.4 Å². The van der Waals surface area contributed by atoms with Gasteiger partial charge < -0.3 is 10.2 Å². The first-order valence-corrected chi connectivity index (χ1v) is 7.27. The highest BCUT2D eigenvalue weighted by molar-refractivity contribution is 6.34. The molecule has 0 bridgehead atoms. The second-order valence-electron chi connectivity index (χ2n) is 5.05. The molecule has 20 heavy (non-hydrogen) atoms. The zero-order chi connectivity index (χ0) is 14.5. The van der Waals surface area contributed by atoms with Crippen LogP contribution in [-0.2, 0) is 13.0 Å². The number of aryl methyl sites for hydroxylation is 1. The van der Waals surface area contributed by atoms with Crippen molar-refractivity contribution in [1.29, 1.82) is 0 Å². The monoisotopic (exact) mass is 288 g/mol. The average molecular weight is 289 g/mol. The highest BCUT2D eigenvalue weighted by Gasteiger charge is 2.08. The SMILES string of the molecule is CCc1ccc(CNc2cccc(Cl)c2N(C)C)cc1. The number of nitrogens with zero attached hydrogens (tertiary/aromatic N) is 1. The van der Waals surface area contributed by atoms with Crippen molar-refractivity contribution in [3.05, 3.63) is 58.6 Å². The van der Waals surface area contributed by atoms with Gasteiger partial charge in [-0.2, -0.15) is 0 Å². The zero-order valence-electron chi connectivity index (χ0n) is 12.3. The van der Waals surface area contributed by atoms with Crippen LogP contribution >= 0.6 is 11.6 Å². The van der Waals surface area contributed by atoms with Crippen LogP contribution in [0.5, 0.6) is 0 Å². The molecule has 0 spiro atoms. The molecule has 1 N–H and O–H groups in total. The fourth-order valence-corrected chi connectivity index (χ4v) is 2.55. The average Bonchev–Trinajstić information content (AvgIpc) is 2.45. The number of rotatable bonds is 5. The van der Waals surface area contributed by atoms with Gasteiger partial charge in [-0.05, 0) is 29.7 Å². The summed E-state index contributed by atoms with van der Waals surface area (Å²) in [6.45, 7) is 2.97. The van der Waals surface area contributed by atoms with Gasteiger partial charge in [-0.15, -0.1) is 0 Å². The Morgan fingerprint density at radius 1 is 1.00 bits per heavy atom. The van der Waals surface area contributed by atoms with Crippen molar-refractivity contribution in [3.63, 3.8) is 0 Å². The van der Waals surface area contributed by atoms with Gasteiger partial charge in [0.2, 0.25) is 0 Å². The van der Waals surface area contributed by atoms with E-state index in [1.54, 1.807) is 0 Å². The number of benzene rings is 2. The normalized spacial score (nSPS) is 10.4. The molecule has 0 heterocycles. The summed E-state index contributed by atoms with van der Waals surface area (Å²) in [6.07, 6.45) is 1.08. The lowest BCUT2D eigenvalue weighted by molar-refractivity contribution is 1.09. The third-order valence-electron chi connectivity index (χ3n) is 3.35. The van der Waals surface area contributed by atoms with Gasteiger partial charge in [0.15, 0.2) is 0 Å². The quantitative estimate of drug-likeness (QED) is 0.866. The maximum atomic E-state index is 6.26. The van der Waals surface area contributed by atoms with E-state index in [1.165, 1.54) is 11.1 Å². The van der Waals surface area contributed by atoms with Crippen molar-refractivity contribution in [3.8, 4) is 0 Å². The minimum atomic E-state index is 0.765. The second kappa shape index (κ2) is 6.67. The smallest absolute Gasteiger partial charge is 0.0786 e. The van der Waals surface area contributed by atoms with Crippen LogP contribution in [0.25, 0.3) is 0 Å². The Morgan fingerprint density at radius 2 is 1.65 bits per heavy atom. The molecule has 3 heteroatoms. The summed E-state index contributed by atoms with van der Waals surface area (Å²) >= 11 is 6.26. The highest BCUT2D eigenvalue weighted by atomic mass is 35.5. The Morgan fingerprint density at radius 3 is 2.25 bits per heavy atom. The molecule has 2 aromatic carbocycles. The Balaban J connectivity index is 2.12. The standard InChI is InChI=1S/C17H21ClN2/c1-4-13-8-10-14(11-9-13)12-19-16-7-5-6-15(18)17(16)20(2)3/h5-11,19H,4,12H2,1-3H3. The molecule has 0 saturated heterocycles. The van der Waals surface area contributed by atoms with E-state index < -0.39 is 0 Å². The molecule has 2 aromatic rings. The number of halogens is 1. The molecular weight excluding hydrogens is 268 g/mol. The summed E-state index contributed by atoms with van der Waals surface area (Å²) in [4.78, 5) is 2.03. The first-order valence-electron chi connectivity index (χ1n) is 6.89. The van der Waals surface area contributed by atoms with Crippen LogP contribution in [0.4, 0.5) is 11.4 Å². The van der Waals surface area contributed by atoms with E-state index >= 15 is 0 Å². The Bertz CT molecular complexity index is 562. The summed E-state index contributed by atoms with van der Waals surface area (Å²) in [5.74, 6) is 0. The zero-order valence-corrected chi connectivity index (χ0v) is 13.0. The summed E-state index contributed by atoms with van der Waals surface area (Å²) < 4.78 is 0. The maximum Gasteiger partial charge on any atom is 0.0786 e. The molecule has 0 atom stereocenters. The molecule has 0 aromatic heterocycles. The molecular formula is C17H21ClN2. The van der Waals surface area contributed by atoms with Crippen molar-refractivity contribution in [2.24, 2.45) is 0 Å². The molecule has 0 radical (unpaired) electrons. The predicted molar refractivity (Wildman–Crippen MR) is 88.9 cm³/mol. The molecule has 0 saturated carbocycles. The van der Waals surface area contributed by atoms with Gasteiger partial charge in [0.1, 0.15) is 0 Å². The van der Waals surface area contributed by atoms with Crippen LogP contribution in [0.15, 0.2) is 42.5 Å². The fourth-order valence-electron chi connectivity index (χ4n) is 2.20. The number of anilines is 2. The van der Waals surface area contributed by atoms with Crippen LogP contribution in [0.3, 0.4) is 0 Å². The molecule has 0 aliphatic heterocycles. The van der Waals surface area contributed by atoms with Crippen LogP contribution < -0.4 is 10.2 Å². The first-order chi connectivity index (χ1) is 9.61. The minimum absolute atomic E-state index is 0.765. The molecule has 2 nitrogen and oxygen atoms in total. The summed E-state index contributed by atoms with van der Waals surface area (Å²) in [5, 5.41) is 4.23. The third kappa shape index (κ3) is 3.45. The van der Waals surface area contributed by atoms with Gasteiger partial charge in [-0.1, -0.05) is 48.9 Å². The van der Waals surface area contributed by atoms with Gasteiger partial charge >= 0.3 is 0 Å². The molecule has 0 aliphatic carbocycles. The Hall–Kier alpha value is -1.67. The summed E-state index contributed by atoms with van der Waals surface area (Å²) in [5.41, 5.74) is 4.72. The van der Waals surface area contributed by atoms with Crippen LogP contribution in [0.2, 0.25) is 5.02 Å². The van der Waals surface area contributed by atoms with E-state index in [-0.39, 0.29) is 0 Å². The lowest BCUT2D eigenvalue weighted by Gasteiger charge is -2.20. The van der Waals surface area contributed by atoms with E-state index in [9.17, 15) is 0 Å². The molecule has 2 rings (SSSR count). The van der Waals surface area contributed by atoms with Gasteiger partial charge in [-0.3, -0.25) is 0 Å². The number of hydrogen-bond acceptors (Lipinski definition) is 2. The molecule has 0 fully saturated rings. The highest BCUT2D eigenvalue weighted by Crippen LogP contribution is 2.32. The lowest BCUT2D eigenvalue weighted by atomic mass is 10.1. The van der Waals surface area contributed by atoms with Gasteiger partial charge in [0.25, 0.3) is 0 Å². The predicted octanol–water partition coefficient (Wildman–Crippen LogP) is 4.58. The summed E-state index contributed by atoms with van der Waals surface area (Å²) in [7, 11) is 4.00. The second-order valence-corrected chi connectivity index (χ2v) is 5.46. The van der Waals surface area contributed by atoms with Crippen molar-refractivity contribution in [1.82, 2.24) is 0 Å². The van der Waals surface area contributed by atoms with Crippen LogP contribution in [-0.4, -0.2) is 14.1 Å². The van der Waals surface area contributed by atoms with E-state index in [0.29, 0.717) is 0 Å². The van der Waals surface area contributed by atoms with E-state index in [2.05, 4.69) is 42.6 Å². The van der Waals surface area contributed by atoms with E-state index in [4.69, 9.17) is 11.6 Å². The van der Waals surface area contributed by atoms with Crippen molar-refractivity contribution in [2.45, 2.75) is 19.9 Å². The number of para-hydroxylation sites is 1. The molecule has 0 unspecified atom stereocenters. The number of nitrogens with one attached hydrogen (secondary N) is 1. The summed E-state index contributed by atoms with van der Waals surface area (Å²) in [6, 6.07) is 14.7. The van der Waals surface area contributed by atoms with E-state index in [0.717, 1.165) is 29.4 Å². The molecule has 0 amide bonds. The Labute approximate surface area is 126 Å². The Kier molecular flexibility index (Phi) is 4.91. The number of hydrogen-bond donors (Lipinski definition) is 1. The van der Waals surface area contributed by atoms with Crippen LogP contribution in [0, 0.1) is 0 Å². The lowest BCUT2D eigenvalue weighted by Crippen LogP contribution is -2.12. The van der Waals surface area contributed by atoms with Crippen molar-refractivity contribution < 1.29 is 0 Å². The van der Waals surface area contributed by atoms with Crippen LogP contribution in [0.1, 0.15) is 18.1 Å². The topological polar surface area (TPSA) is 15.3 Å². The first kappa shape index (κ1) is 14.7. The minimum Gasteiger partial charge on any atom is -0.379 e. The van der Waals surface area contributed by atoms with E-state index in [1.807, 2.05) is 31.1 Å². The van der Waals surface area contributed by atoms with Crippen molar-refractivity contribution in [2.75, 3.05) is 24.3 Å². The van der Waals surface area contributed by atoms with Gasteiger partial charge in [0, 0.05) is 20.6 Å². The molecule has 106 valence electrons. The van der Waals surface area contributed by atoms with Gasteiger partial charge in [-0.25, -0.2) is 0 Å². The molecule has 0 aliphatic rings. The fraction of sp³-hybridized carbons (Fsp3) is 0.294.